The van der Waals surface area contributed by atoms with Crippen molar-refractivity contribution in [1.29, 1.82) is 0 Å². The molecule has 0 saturated carbocycles. The van der Waals surface area contributed by atoms with Gasteiger partial charge in [-0.25, -0.2) is 18.6 Å². The number of hydrogen-bond donors (Lipinski definition) is 2. The minimum Gasteiger partial charge on any atom is -0.306 e. The van der Waals surface area contributed by atoms with Crippen molar-refractivity contribution in [3.8, 4) is 0 Å². The highest BCUT2D eigenvalue weighted by atomic mass is 35.5. The summed E-state index contributed by atoms with van der Waals surface area (Å²) in [6.07, 6.45) is 1.79. The first-order chi connectivity index (χ1) is 16.1. The summed E-state index contributed by atoms with van der Waals surface area (Å²) in [7, 11) is -1.92. The summed E-state index contributed by atoms with van der Waals surface area (Å²) in [4.78, 5) is 12.6. The van der Waals surface area contributed by atoms with E-state index in [-0.39, 0.29) is 0 Å². The minimum atomic E-state index is -3.39. The lowest BCUT2D eigenvalue weighted by Gasteiger charge is -2.17. The molecule has 178 valence electrons. The number of hydrogen-bond acceptors (Lipinski definition) is 4. The zero-order valence-corrected chi connectivity index (χ0v) is 21.2. The second-order valence-electron chi connectivity index (χ2n) is 7.43. The van der Waals surface area contributed by atoms with E-state index in [1.165, 1.54) is 11.4 Å². The van der Waals surface area contributed by atoms with E-state index < -0.39 is 16.1 Å². The molecule has 0 atom stereocenters. The van der Waals surface area contributed by atoms with Crippen LogP contribution in [0.3, 0.4) is 0 Å². The third-order valence-electron chi connectivity index (χ3n) is 5.11. The van der Waals surface area contributed by atoms with Crippen LogP contribution in [0.15, 0.2) is 71.8 Å². The van der Waals surface area contributed by atoms with Crippen molar-refractivity contribution in [2.24, 2.45) is 5.10 Å². The van der Waals surface area contributed by atoms with Crippen molar-refractivity contribution in [2.45, 2.75) is 13.3 Å². The van der Waals surface area contributed by atoms with Gasteiger partial charge in [0.25, 0.3) is 0 Å². The van der Waals surface area contributed by atoms with Gasteiger partial charge in [0.15, 0.2) is 0 Å². The van der Waals surface area contributed by atoms with E-state index in [0.717, 1.165) is 11.8 Å². The van der Waals surface area contributed by atoms with Gasteiger partial charge in [0, 0.05) is 33.9 Å². The van der Waals surface area contributed by atoms with Crippen LogP contribution in [0.5, 0.6) is 0 Å². The Balaban J connectivity index is 1.90. The Bertz CT molecular complexity index is 1310. The molecule has 0 unspecified atom stereocenters. The summed E-state index contributed by atoms with van der Waals surface area (Å²) in [5.41, 5.74) is 6.32. The summed E-state index contributed by atoms with van der Waals surface area (Å²) in [6.45, 7) is 1.95. The van der Waals surface area contributed by atoms with Crippen molar-refractivity contribution in [3.05, 3.63) is 93.5 Å². The summed E-state index contributed by atoms with van der Waals surface area (Å²) in [5.74, 6) is 0. The number of benzene rings is 3. The molecule has 0 saturated heterocycles. The molecule has 7 nitrogen and oxygen atoms in total. The fourth-order valence-electron chi connectivity index (χ4n) is 3.22. The number of amides is 2. The highest BCUT2D eigenvalue weighted by molar-refractivity contribution is 7.92. The Labute approximate surface area is 209 Å². The van der Waals surface area contributed by atoms with Gasteiger partial charge in [-0.1, -0.05) is 60.5 Å². The van der Waals surface area contributed by atoms with Crippen LogP contribution >= 0.6 is 23.2 Å². The molecule has 3 aromatic carbocycles. The van der Waals surface area contributed by atoms with Crippen LogP contribution in [0.25, 0.3) is 0 Å². The number of anilines is 2. The summed E-state index contributed by atoms with van der Waals surface area (Å²) in [6, 6.07) is 18.6. The van der Waals surface area contributed by atoms with E-state index in [2.05, 4.69) is 15.8 Å². The molecule has 34 heavy (non-hydrogen) atoms. The molecule has 0 spiro atoms. The third kappa shape index (κ3) is 6.28. The van der Waals surface area contributed by atoms with Gasteiger partial charge < -0.3 is 5.32 Å². The Morgan fingerprint density at radius 2 is 1.56 bits per heavy atom. The monoisotopic (exact) mass is 518 g/mol. The first-order valence-corrected chi connectivity index (χ1v) is 12.9. The number of nitrogens with zero attached hydrogens (tertiary/aromatic N) is 2. The van der Waals surface area contributed by atoms with E-state index >= 15 is 0 Å². The molecular formula is C24H24Cl2N4O3S. The van der Waals surface area contributed by atoms with E-state index in [4.69, 9.17) is 23.2 Å². The van der Waals surface area contributed by atoms with E-state index in [1.54, 1.807) is 66.7 Å². The van der Waals surface area contributed by atoms with Gasteiger partial charge in [0.05, 0.1) is 17.7 Å². The van der Waals surface area contributed by atoms with Crippen LogP contribution < -0.4 is 15.0 Å². The number of carbonyl (C=O) groups excluding carboxylic acids is 1. The average Bonchev–Trinajstić information content (AvgIpc) is 2.80. The molecule has 2 amide bonds. The lowest BCUT2D eigenvalue weighted by molar-refractivity contribution is 0.252. The Morgan fingerprint density at radius 3 is 2.12 bits per heavy atom. The number of hydrazone groups is 1. The van der Waals surface area contributed by atoms with E-state index in [0.29, 0.717) is 44.7 Å². The van der Waals surface area contributed by atoms with Crippen LogP contribution in [-0.2, 0) is 16.4 Å². The van der Waals surface area contributed by atoms with E-state index in [1.807, 2.05) is 6.92 Å². The molecule has 3 aromatic rings. The van der Waals surface area contributed by atoms with Crippen molar-refractivity contribution in [3.63, 3.8) is 0 Å². The van der Waals surface area contributed by atoms with Crippen molar-refractivity contribution in [1.82, 2.24) is 5.43 Å². The van der Waals surface area contributed by atoms with Gasteiger partial charge in [-0.15, -0.1) is 0 Å². The van der Waals surface area contributed by atoms with Crippen LogP contribution in [0, 0.1) is 0 Å². The zero-order chi connectivity index (χ0) is 24.9. The summed E-state index contributed by atoms with van der Waals surface area (Å²) >= 11 is 12.3. The van der Waals surface area contributed by atoms with Crippen LogP contribution in [0.4, 0.5) is 16.2 Å². The topological polar surface area (TPSA) is 90.9 Å². The van der Waals surface area contributed by atoms with Crippen molar-refractivity contribution in [2.75, 3.05) is 22.9 Å². The number of carbonyl (C=O) groups is 1. The normalized spacial score (nSPS) is 11.7. The maximum atomic E-state index is 12.6. The second kappa shape index (κ2) is 10.9. The molecular weight excluding hydrogens is 495 g/mol. The molecule has 0 aliphatic carbocycles. The largest absolute Gasteiger partial charge is 0.339 e. The molecule has 10 heteroatoms. The first kappa shape index (κ1) is 25.6. The van der Waals surface area contributed by atoms with Gasteiger partial charge in [0.2, 0.25) is 10.0 Å². The lowest BCUT2D eigenvalue weighted by atomic mass is 10.0. The number of nitrogens with one attached hydrogen (secondary N) is 2. The van der Waals surface area contributed by atoms with Crippen molar-refractivity contribution >= 4 is 56.3 Å². The van der Waals surface area contributed by atoms with Crippen molar-refractivity contribution < 1.29 is 13.2 Å². The third-order valence-corrected chi connectivity index (χ3v) is 6.92. The van der Waals surface area contributed by atoms with Gasteiger partial charge in [-0.2, -0.15) is 5.10 Å². The molecule has 0 heterocycles. The fraction of sp³-hybridized carbons (Fsp3) is 0.167. The predicted molar refractivity (Wildman–Crippen MR) is 140 cm³/mol. The SMILES string of the molecule is CCc1c(Cl)cccc1NC(=O)NN=C(c1ccc(Cl)cc1)c1ccc(N(C)S(C)(=O)=O)cc1. The molecule has 0 aliphatic heterocycles. The minimum absolute atomic E-state index is 0.474. The highest BCUT2D eigenvalue weighted by Gasteiger charge is 2.14. The standard InChI is InChI=1S/C24H24Cl2N4O3S/c1-4-20-21(26)6-5-7-22(20)27-24(31)29-28-23(16-8-12-18(25)13-9-16)17-10-14-19(15-11-17)30(2)34(3,32)33/h5-15H,4H2,1-3H3,(H2,27,29,31). The molecule has 0 aromatic heterocycles. The molecule has 3 rings (SSSR count). The second-order valence-corrected chi connectivity index (χ2v) is 10.3. The van der Waals surface area contributed by atoms with Crippen LogP contribution in [-0.4, -0.2) is 33.5 Å². The number of halogens is 2. The first-order valence-electron chi connectivity index (χ1n) is 10.3. The molecule has 0 aliphatic rings. The Kier molecular flexibility index (Phi) is 8.19. The predicted octanol–water partition coefficient (Wildman–Crippen LogP) is 5.53. The quantitative estimate of drug-likeness (QED) is 0.318. The number of sulfonamides is 1. The van der Waals surface area contributed by atoms with Gasteiger partial charge in [-0.3, -0.25) is 4.31 Å². The number of urea groups is 1. The Morgan fingerprint density at radius 1 is 0.971 bits per heavy atom. The maximum absolute atomic E-state index is 12.6. The smallest absolute Gasteiger partial charge is 0.306 e. The molecule has 0 radical (unpaired) electrons. The highest BCUT2D eigenvalue weighted by Crippen LogP contribution is 2.25. The lowest BCUT2D eigenvalue weighted by Crippen LogP contribution is -2.26. The number of rotatable bonds is 7. The van der Waals surface area contributed by atoms with Gasteiger partial charge in [-0.05, 0) is 48.4 Å². The zero-order valence-electron chi connectivity index (χ0n) is 18.8. The van der Waals surface area contributed by atoms with Crippen LogP contribution in [0.1, 0.15) is 23.6 Å². The summed E-state index contributed by atoms with van der Waals surface area (Å²) < 4.78 is 24.8. The maximum Gasteiger partial charge on any atom is 0.339 e. The van der Waals surface area contributed by atoms with Gasteiger partial charge >= 0.3 is 6.03 Å². The van der Waals surface area contributed by atoms with Crippen LogP contribution in [0.2, 0.25) is 10.0 Å². The fourth-order valence-corrected chi connectivity index (χ4v) is 4.16. The summed E-state index contributed by atoms with van der Waals surface area (Å²) in [5, 5.41) is 8.25. The van der Waals surface area contributed by atoms with E-state index in [9.17, 15) is 13.2 Å². The van der Waals surface area contributed by atoms with Gasteiger partial charge in [0.1, 0.15) is 0 Å². The molecule has 0 fully saturated rings. The Hall–Kier alpha value is -3.07. The molecule has 2 N–H and O–H groups in total. The average molecular weight is 519 g/mol. The molecule has 0 bridgehead atoms.